The highest BCUT2D eigenvalue weighted by Gasteiger charge is 2.49. The number of fused-ring (bicyclic) bond motifs is 1. The van der Waals surface area contributed by atoms with Gasteiger partial charge in [-0.15, -0.1) is 0 Å². The van der Waals surface area contributed by atoms with E-state index in [0.717, 1.165) is 4.90 Å². The maximum absolute atomic E-state index is 12.0. The lowest BCUT2D eigenvalue weighted by Gasteiger charge is -2.45. The van der Waals surface area contributed by atoms with Crippen molar-refractivity contribution in [2.75, 3.05) is 6.54 Å². The van der Waals surface area contributed by atoms with Crippen LogP contribution in [0.5, 0.6) is 0 Å². The lowest BCUT2D eigenvalue weighted by molar-refractivity contribution is -0.183. The largest absolute Gasteiger partial charge is 0.389 e. The van der Waals surface area contributed by atoms with E-state index in [0.29, 0.717) is 24.2 Å². The van der Waals surface area contributed by atoms with Crippen molar-refractivity contribution in [2.45, 2.75) is 38.6 Å². The van der Waals surface area contributed by atoms with Crippen molar-refractivity contribution < 1.29 is 19.8 Å². The summed E-state index contributed by atoms with van der Waals surface area (Å²) in [4.78, 5) is 25.0. The molecule has 0 aromatic rings. The van der Waals surface area contributed by atoms with E-state index >= 15 is 0 Å². The normalized spacial score (nSPS) is 29.6. The van der Waals surface area contributed by atoms with Gasteiger partial charge in [-0.05, 0) is 25.8 Å². The molecule has 6 nitrogen and oxygen atoms in total. The van der Waals surface area contributed by atoms with Crippen LogP contribution in [0.25, 0.3) is 0 Å². The Balaban J connectivity index is 2.36. The van der Waals surface area contributed by atoms with Crippen molar-refractivity contribution in [3.63, 3.8) is 0 Å². The number of ketones is 1. The third kappa shape index (κ3) is 2.41. The zero-order chi connectivity index (χ0) is 14.2. The third-order valence-corrected chi connectivity index (χ3v) is 3.32. The molecule has 2 heterocycles. The summed E-state index contributed by atoms with van der Waals surface area (Å²) < 4.78 is 0. The number of hydrogen-bond donors (Lipinski definition) is 3. The summed E-state index contributed by atoms with van der Waals surface area (Å²) in [5.41, 5.74) is 0.967. The Morgan fingerprint density at radius 3 is 2.89 bits per heavy atom. The maximum atomic E-state index is 12.0. The Bertz CT molecular complexity index is 481. The summed E-state index contributed by atoms with van der Waals surface area (Å²) in [6.07, 6.45) is 2.99. The van der Waals surface area contributed by atoms with E-state index in [-0.39, 0.29) is 6.42 Å². The Hall–Kier alpha value is -1.66. The molecule has 2 atom stereocenters. The molecule has 1 saturated heterocycles. The summed E-state index contributed by atoms with van der Waals surface area (Å²) in [5, 5.41) is 22.4. The van der Waals surface area contributed by atoms with Crippen LogP contribution in [0.1, 0.15) is 26.7 Å². The molecule has 2 aliphatic heterocycles. The first kappa shape index (κ1) is 13.8. The van der Waals surface area contributed by atoms with Crippen LogP contribution in [-0.4, -0.2) is 45.3 Å². The van der Waals surface area contributed by atoms with E-state index in [1.807, 2.05) is 0 Å². The van der Waals surface area contributed by atoms with Crippen molar-refractivity contribution in [3.05, 3.63) is 23.4 Å². The zero-order valence-electron chi connectivity index (χ0n) is 11.0. The number of piperidine rings is 1. The molecule has 0 bridgehead atoms. The van der Waals surface area contributed by atoms with Crippen LogP contribution in [-0.2, 0) is 9.59 Å². The number of rotatable bonds is 2. The van der Waals surface area contributed by atoms with Crippen LogP contribution in [0.4, 0.5) is 0 Å². The average Bonchev–Trinajstić information content (AvgIpc) is 2.30. The van der Waals surface area contributed by atoms with Crippen molar-refractivity contribution in [1.29, 1.82) is 0 Å². The molecule has 19 heavy (non-hydrogen) atoms. The summed E-state index contributed by atoms with van der Waals surface area (Å²) in [6, 6.07) is 0. The fraction of sp³-hybridized carbons (Fsp3) is 0.538. The van der Waals surface area contributed by atoms with Crippen LogP contribution in [0, 0.1) is 0 Å². The van der Waals surface area contributed by atoms with Crippen LogP contribution < -0.4 is 5.32 Å². The molecule has 0 spiro atoms. The molecule has 2 aliphatic rings. The standard InChI is InChI=1S/C13H18N2O4/c1-8(6-9(2)16)10-7-12(18)15-5-3-4-11(17)13(15,19)14-10/h6-7,9,14,16,19H,3-5H2,1-2H3/b8-6+. The van der Waals surface area contributed by atoms with Crippen molar-refractivity contribution in [3.8, 4) is 0 Å². The molecule has 0 radical (unpaired) electrons. The van der Waals surface area contributed by atoms with Crippen LogP contribution in [0.2, 0.25) is 0 Å². The second-order valence-electron chi connectivity index (χ2n) is 4.96. The van der Waals surface area contributed by atoms with Gasteiger partial charge < -0.3 is 15.5 Å². The fourth-order valence-corrected chi connectivity index (χ4v) is 2.38. The highest BCUT2D eigenvalue weighted by molar-refractivity contribution is 5.98. The Labute approximate surface area is 111 Å². The molecule has 2 unspecified atom stereocenters. The van der Waals surface area contributed by atoms with Crippen LogP contribution in [0.3, 0.4) is 0 Å². The van der Waals surface area contributed by atoms with Gasteiger partial charge in [0.15, 0.2) is 0 Å². The van der Waals surface area contributed by atoms with E-state index in [1.54, 1.807) is 19.9 Å². The second-order valence-corrected chi connectivity index (χ2v) is 4.96. The molecule has 1 fully saturated rings. The van der Waals surface area contributed by atoms with Gasteiger partial charge >= 0.3 is 0 Å². The molecule has 1 amide bonds. The molecule has 2 rings (SSSR count). The lowest BCUT2D eigenvalue weighted by atomic mass is 9.99. The summed E-state index contributed by atoms with van der Waals surface area (Å²) in [7, 11) is 0. The number of carbonyl (C=O) groups is 2. The molecule has 3 N–H and O–H groups in total. The predicted octanol–water partition coefficient (Wildman–Crippen LogP) is -0.362. The smallest absolute Gasteiger partial charge is 0.281 e. The van der Waals surface area contributed by atoms with Gasteiger partial charge in [0.05, 0.1) is 6.10 Å². The van der Waals surface area contributed by atoms with Gasteiger partial charge in [-0.25, -0.2) is 0 Å². The molecule has 6 heteroatoms. The van der Waals surface area contributed by atoms with E-state index in [2.05, 4.69) is 5.32 Å². The van der Waals surface area contributed by atoms with Gasteiger partial charge in [-0.1, -0.05) is 6.08 Å². The highest BCUT2D eigenvalue weighted by atomic mass is 16.3. The Morgan fingerprint density at radius 2 is 2.26 bits per heavy atom. The van der Waals surface area contributed by atoms with Gasteiger partial charge in [0.1, 0.15) is 0 Å². The number of allylic oxidation sites excluding steroid dienone is 1. The molecule has 0 saturated carbocycles. The van der Waals surface area contributed by atoms with E-state index in [9.17, 15) is 19.8 Å². The first-order valence-corrected chi connectivity index (χ1v) is 6.28. The number of hydrogen-bond acceptors (Lipinski definition) is 5. The Kier molecular flexibility index (Phi) is 3.47. The number of amides is 1. The lowest BCUT2D eigenvalue weighted by Crippen LogP contribution is -2.69. The monoisotopic (exact) mass is 266 g/mol. The first-order chi connectivity index (χ1) is 8.84. The zero-order valence-corrected chi connectivity index (χ0v) is 11.0. The summed E-state index contributed by atoms with van der Waals surface area (Å²) >= 11 is 0. The van der Waals surface area contributed by atoms with Crippen molar-refractivity contribution in [2.24, 2.45) is 0 Å². The summed E-state index contributed by atoms with van der Waals surface area (Å²) in [5.74, 6) is -2.77. The van der Waals surface area contributed by atoms with Crippen molar-refractivity contribution >= 4 is 11.7 Å². The third-order valence-electron chi connectivity index (χ3n) is 3.32. The topological polar surface area (TPSA) is 89.9 Å². The van der Waals surface area contributed by atoms with E-state index < -0.39 is 23.6 Å². The van der Waals surface area contributed by atoms with Gasteiger partial charge in [0.25, 0.3) is 11.8 Å². The minimum absolute atomic E-state index is 0.236. The minimum Gasteiger partial charge on any atom is -0.389 e. The maximum Gasteiger partial charge on any atom is 0.281 e. The quantitative estimate of drug-likeness (QED) is 0.635. The van der Waals surface area contributed by atoms with E-state index in [1.165, 1.54) is 6.08 Å². The molecule has 0 aliphatic carbocycles. The average molecular weight is 266 g/mol. The number of aliphatic hydroxyl groups is 2. The van der Waals surface area contributed by atoms with E-state index in [4.69, 9.17) is 0 Å². The van der Waals surface area contributed by atoms with Gasteiger partial charge in [0.2, 0.25) is 5.78 Å². The molecular formula is C13H18N2O4. The molecule has 104 valence electrons. The number of nitrogens with zero attached hydrogens (tertiary/aromatic N) is 1. The number of Topliss-reactive ketones (excluding diaryl/α,β-unsaturated/α-hetero) is 1. The molecular weight excluding hydrogens is 248 g/mol. The first-order valence-electron chi connectivity index (χ1n) is 6.28. The van der Waals surface area contributed by atoms with Gasteiger partial charge in [-0.3, -0.25) is 14.5 Å². The SMILES string of the molecule is C/C(=C\C(C)O)C1=CC(=O)N2CCCC(=O)C2(O)N1. The number of carbonyl (C=O) groups excluding carboxylic acids is 2. The fourth-order valence-electron chi connectivity index (χ4n) is 2.38. The van der Waals surface area contributed by atoms with Crippen LogP contribution >= 0.6 is 0 Å². The second kappa shape index (κ2) is 4.79. The summed E-state index contributed by atoms with van der Waals surface area (Å²) in [6.45, 7) is 3.63. The van der Waals surface area contributed by atoms with Gasteiger partial charge in [0, 0.05) is 24.7 Å². The molecule has 0 aromatic heterocycles. The van der Waals surface area contributed by atoms with Gasteiger partial charge in [-0.2, -0.15) is 0 Å². The predicted molar refractivity (Wildman–Crippen MR) is 67.6 cm³/mol. The molecule has 0 aromatic carbocycles. The van der Waals surface area contributed by atoms with Crippen LogP contribution in [0.15, 0.2) is 23.4 Å². The number of aliphatic hydroxyl groups excluding tert-OH is 1. The minimum atomic E-state index is -1.95. The van der Waals surface area contributed by atoms with Crippen molar-refractivity contribution in [1.82, 2.24) is 10.2 Å². The highest BCUT2D eigenvalue weighted by Crippen LogP contribution is 2.27. The Morgan fingerprint density at radius 1 is 1.58 bits per heavy atom. The number of nitrogens with one attached hydrogen (secondary N) is 1.